The highest BCUT2D eigenvalue weighted by Gasteiger charge is 2.23. The summed E-state index contributed by atoms with van der Waals surface area (Å²) >= 11 is 7.63. The molecule has 0 aliphatic heterocycles. The Balaban J connectivity index is 1.76. The van der Waals surface area contributed by atoms with Gasteiger partial charge in [-0.15, -0.1) is 11.3 Å². The lowest BCUT2D eigenvalue weighted by Gasteiger charge is -2.22. The van der Waals surface area contributed by atoms with Crippen LogP contribution in [-0.2, 0) is 26.2 Å². The zero-order valence-electron chi connectivity index (χ0n) is 17.5. The zero-order valence-corrected chi connectivity index (χ0v) is 19.8. The first kappa shape index (κ1) is 23.9. The van der Waals surface area contributed by atoms with Gasteiger partial charge in [-0.05, 0) is 55.3 Å². The Kier molecular flexibility index (Phi) is 6.99. The number of rotatable bonds is 6. The molecule has 0 saturated carbocycles. The molecule has 3 rings (SSSR count). The predicted molar refractivity (Wildman–Crippen MR) is 123 cm³/mol. The average molecular weight is 494 g/mol. The Bertz CT molecular complexity index is 1260. The molecule has 0 radical (unpaired) electrons. The number of sulfonamides is 1. The number of thiazole rings is 1. The van der Waals surface area contributed by atoms with E-state index in [2.05, 4.69) is 4.98 Å². The van der Waals surface area contributed by atoms with Crippen LogP contribution in [0.4, 0.5) is 10.8 Å². The third kappa shape index (κ3) is 5.33. The Hall–Kier alpha value is -2.79. The summed E-state index contributed by atoms with van der Waals surface area (Å²) in [6, 6.07) is 8.78. The molecule has 2 aromatic carbocycles. The van der Waals surface area contributed by atoms with Crippen LogP contribution < -0.4 is 10.0 Å². The summed E-state index contributed by atoms with van der Waals surface area (Å²) in [7, 11) is -3.85. The number of anilines is 2. The standard InChI is InChI=1S/C21H20ClN3O5S2/c1-12-8-13(2)19(18(22)9-12)25(14(3)26)21-24-16(11-31-21)10-30-20(27)15-4-6-17(7-5-15)32(23,28)29/h4-9,11H,10H2,1-3H3,(H2,23,28,29). The molecule has 1 heterocycles. The van der Waals surface area contributed by atoms with E-state index in [-0.39, 0.29) is 23.0 Å². The quantitative estimate of drug-likeness (QED) is 0.516. The number of ether oxygens (including phenoxy) is 1. The number of amides is 1. The number of aryl methyl sites for hydroxylation is 2. The molecule has 1 amide bonds. The molecule has 168 valence electrons. The maximum Gasteiger partial charge on any atom is 0.338 e. The second-order valence-electron chi connectivity index (χ2n) is 7.03. The van der Waals surface area contributed by atoms with Crippen LogP contribution in [0.25, 0.3) is 0 Å². The Labute approximate surface area is 194 Å². The highest BCUT2D eigenvalue weighted by molar-refractivity contribution is 7.89. The second kappa shape index (κ2) is 9.37. The molecule has 2 N–H and O–H groups in total. The molecule has 32 heavy (non-hydrogen) atoms. The number of halogens is 1. The predicted octanol–water partition coefficient (Wildman–Crippen LogP) is 4.10. The lowest BCUT2D eigenvalue weighted by molar-refractivity contribution is -0.115. The van der Waals surface area contributed by atoms with Gasteiger partial charge in [-0.3, -0.25) is 9.69 Å². The van der Waals surface area contributed by atoms with Crippen LogP contribution in [-0.4, -0.2) is 25.3 Å². The molecule has 0 aliphatic rings. The summed E-state index contributed by atoms with van der Waals surface area (Å²) in [5, 5.41) is 7.56. The second-order valence-corrected chi connectivity index (χ2v) is 9.84. The molecule has 0 aliphatic carbocycles. The van der Waals surface area contributed by atoms with Crippen LogP contribution >= 0.6 is 22.9 Å². The van der Waals surface area contributed by atoms with Crippen molar-refractivity contribution in [3.63, 3.8) is 0 Å². The van der Waals surface area contributed by atoms with Gasteiger partial charge in [0.25, 0.3) is 0 Å². The van der Waals surface area contributed by atoms with Crippen LogP contribution in [0.15, 0.2) is 46.7 Å². The highest BCUT2D eigenvalue weighted by Crippen LogP contribution is 2.37. The molecule has 0 atom stereocenters. The molecule has 3 aromatic rings. The van der Waals surface area contributed by atoms with E-state index in [0.29, 0.717) is 21.5 Å². The summed E-state index contributed by atoms with van der Waals surface area (Å²) in [5.74, 6) is -0.909. The van der Waals surface area contributed by atoms with Crippen molar-refractivity contribution in [1.29, 1.82) is 0 Å². The van der Waals surface area contributed by atoms with Crippen molar-refractivity contribution in [2.24, 2.45) is 5.14 Å². The molecular formula is C21H20ClN3O5S2. The van der Waals surface area contributed by atoms with E-state index in [1.807, 2.05) is 19.9 Å². The number of carbonyl (C=O) groups is 2. The molecule has 0 saturated heterocycles. The summed E-state index contributed by atoms with van der Waals surface area (Å²) < 4.78 is 27.9. The van der Waals surface area contributed by atoms with Crippen LogP contribution in [0.5, 0.6) is 0 Å². The first-order valence-corrected chi connectivity index (χ1v) is 12.1. The minimum Gasteiger partial charge on any atom is -0.456 e. The summed E-state index contributed by atoms with van der Waals surface area (Å²) in [6.07, 6.45) is 0. The van der Waals surface area contributed by atoms with Gasteiger partial charge >= 0.3 is 5.97 Å². The van der Waals surface area contributed by atoms with E-state index in [9.17, 15) is 18.0 Å². The van der Waals surface area contributed by atoms with Crippen LogP contribution in [0.1, 0.15) is 34.1 Å². The van der Waals surface area contributed by atoms with E-state index in [1.54, 1.807) is 11.4 Å². The largest absolute Gasteiger partial charge is 0.456 e. The lowest BCUT2D eigenvalue weighted by atomic mass is 10.1. The minimum absolute atomic E-state index is 0.104. The number of benzene rings is 2. The molecular weight excluding hydrogens is 474 g/mol. The molecule has 0 bridgehead atoms. The first-order chi connectivity index (χ1) is 15.0. The van der Waals surface area contributed by atoms with Gasteiger partial charge < -0.3 is 4.74 Å². The topological polar surface area (TPSA) is 120 Å². The fourth-order valence-electron chi connectivity index (χ4n) is 3.05. The van der Waals surface area contributed by atoms with E-state index in [4.69, 9.17) is 21.5 Å². The Morgan fingerprint density at radius 3 is 2.41 bits per heavy atom. The fraction of sp³-hybridized carbons (Fsp3) is 0.190. The van der Waals surface area contributed by atoms with Gasteiger partial charge in [-0.2, -0.15) is 0 Å². The van der Waals surface area contributed by atoms with Gasteiger partial charge in [-0.1, -0.05) is 17.7 Å². The van der Waals surface area contributed by atoms with E-state index in [0.717, 1.165) is 11.1 Å². The number of carbonyl (C=O) groups excluding carboxylic acids is 2. The summed E-state index contributed by atoms with van der Waals surface area (Å²) in [4.78, 5) is 30.4. The monoisotopic (exact) mass is 493 g/mol. The number of aromatic nitrogens is 1. The number of hydrogen-bond donors (Lipinski definition) is 1. The SMILES string of the molecule is CC(=O)N(c1nc(COC(=O)c2ccc(S(N)(=O)=O)cc2)cs1)c1c(C)cc(C)cc1Cl. The van der Waals surface area contributed by atoms with E-state index >= 15 is 0 Å². The van der Waals surface area contributed by atoms with E-state index in [1.165, 1.54) is 47.4 Å². The lowest BCUT2D eigenvalue weighted by Crippen LogP contribution is -2.24. The third-order valence-electron chi connectivity index (χ3n) is 4.44. The van der Waals surface area contributed by atoms with Crippen molar-refractivity contribution in [2.75, 3.05) is 4.90 Å². The van der Waals surface area contributed by atoms with Gasteiger partial charge in [0.1, 0.15) is 6.61 Å². The van der Waals surface area contributed by atoms with Crippen LogP contribution in [0, 0.1) is 13.8 Å². The summed E-state index contributed by atoms with van der Waals surface area (Å²) in [5.41, 5.74) is 2.98. The Morgan fingerprint density at radius 2 is 1.84 bits per heavy atom. The minimum atomic E-state index is -3.85. The van der Waals surface area contributed by atoms with Crippen molar-refractivity contribution in [2.45, 2.75) is 32.3 Å². The van der Waals surface area contributed by atoms with Crippen molar-refractivity contribution < 1.29 is 22.7 Å². The zero-order chi connectivity index (χ0) is 23.6. The third-order valence-corrected chi connectivity index (χ3v) is 6.53. The van der Waals surface area contributed by atoms with Crippen LogP contribution in [0.2, 0.25) is 5.02 Å². The van der Waals surface area contributed by atoms with Gasteiger partial charge in [0.2, 0.25) is 15.9 Å². The maximum atomic E-state index is 12.4. The van der Waals surface area contributed by atoms with E-state index < -0.39 is 16.0 Å². The molecule has 1 aromatic heterocycles. The van der Waals surface area contributed by atoms with Crippen molar-refractivity contribution in [3.05, 3.63) is 69.2 Å². The van der Waals surface area contributed by atoms with Crippen LogP contribution in [0.3, 0.4) is 0 Å². The number of esters is 1. The van der Waals surface area contributed by atoms with Gasteiger partial charge in [0.05, 0.1) is 26.9 Å². The fourth-order valence-corrected chi connectivity index (χ4v) is 4.83. The number of nitrogens with two attached hydrogens (primary N) is 1. The molecule has 8 nitrogen and oxygen atoms in total. The average Bonchev–Trinajstić information content (AvgIpc) is 3.16. The van der Waals surface area contributed by atoms with Crippen molar-refractivity contribution >= 4 is 55.7 Å². The van der Waals surface area contributed by atoms with Crippen molar-refractivity contribution in [3.8, 4) is 0 Å². The van der Waals surface area contributed by atoms with Gasteiger partial charge in [0, 0.05) is 12.3 Å². The first-order valence-electron chi connectivity index (χ1n) is 9.29. The smallest absolute Gasteiger partial charge is 0.338 e. The number of nitrogens with zero attached hydrogens (tertiary/aromatic N) is 2. The Morgan fingerprint density at radius 1 is 1.19 bits per heavy atom. The molecule has 0 spiro atoms. The molecule has 0 fully saturated rings. The normalized spacial score (nSPS) is 11.3. The number of hydrogen-bond acceptors (Lipinski definition) is 7. The molecule has 0 unspecified atom stereocenters. The van der Waals surface area contributed by atoms with Crippen molar-refractivity contribution in [1.82, 2.24) is 4.98 Å². The summed E-state index contributed by atoms with van der Waals surface area (Å²) in [6.45, 7) is 5.07. The number of primary sulfonamides is 1. The molecule has 11 heteroatoms. The van der Waals surface area contributed by atoms with Gasteiger partial charge in [-0.25, -0.2) is 23.3 Å². The maximum absolute atomic E-state index is 12.4. The van der Waals surface area contributed by atoms with Gasteiger partial charge in [0.15, 0.2) is 5.13 Å². The highest BCUT2D eigenvalue weighted by atomic mass is 35.5.